The van der Waals surface area contributed by atoms with Crippen molar-refractivity contribution in [2.24, 2.45) is 7.05 Å². The van der Waals surface area contributed by atoms with Gasteiger partial charge in [0, 0.05) is 37.7 Å². The highest BCUT2D eigenvalue weighted by Gasteiger charge is 2.18. The number of anilines is 2. The summed E-state index contributed by atoms with van der Waals surface area (Å²) in [5, 5.41) is 47.8. The van der Waals surface area contributed by atoms with Crippen molar-refractivity contribution in [2.75, 3.05) is 29.6 Å². The van der Waals surface area contributed by atoms with Crippen LogP contribution in [0.15, 0.2) is 156 Å². The first kappa shape index (κ1) is 47.7. The molecule has 0 radical (unpaired) electrons. The summed E-state index contributed by atoms with van der Waals surface area (Å²) in [7, 11) is -4.30. The predicted octanol–water partition coefficient (Wildman–Crippen LogP) is 6.79. The molecule has 0 atom stereocenters. The van der Waals surface area contributed by atoms with Crippen molar-refractivity contribution in [1.29, 1.82) is 0 Å². The lowest BCUT2D eigenvalue weighted by Crippen LogP contribution is -2.25. The summed E-state index contributed by atoms with van der Waals surface area (Å²) < 4.78 is 61.4. The highest BCUT2D eigenvalue weighted by atomic mass is 32.2. The molecule has 2 amide bonds. The van der Waals surface area contributed by atoms with Gasteiger partial charge in [-0.1, -0.05) is 36.4 Å². The van der Waals surface area contributed by atoms with Crippen LogP contribution in [0, 0.1) is 0 Å². The molecule has 19 heteroatoms. The standard InChI is InChI=1S/C26H24N2O6S.C23H22N4O5S/c1-34-22-8-10-23(11-9-22)35(32,33)28-20-5-2-17(3-6-20)12-13-27-26(31)24-15-19-14-21(29)7-4-18(19)16-25(24)30;1-27-13-22(25-14-27)33(31,32)26-18-5-2-15(3-6-18)8-9-24-23(30)20-11-17-10-19(28)7-4-16(17)12-21(20)29/h2-11,14-16,28-30H,12-13H2,1H3,(H,27,31);2-7,10-14,26,28-29H,8-9H2,1H3,(H,24,30). The minimum Gasteiger partial charge on any atom is -0.508 e. The lowest BCUT2D eigenvalue weighted by atomic mass is 10.0. The van der Waals surface area contributed by atoms with Gasteiger partial charge in [0.1, 0.15) is 28.7 Å². The van der Waals surface area contributed by atoms with E-state index in [-0.39, 0.29) is 44.0 Å². The fourth-order valence-electron chi connectivity index (χ4n) is 6.92. The number of aryl methyl sites for hydroxylation is 1. The molecular weight excluding hydrogens is 913 g/mol. The highest BCUT2D eigenvalue weighted by Crippen LogP contribution is 2.29. The number of hydrogen-bond donors (Lipinski definition) is 8. The number of fused-ring (bicyclic) bond motifs is 2. The third-order valence-electron chi connectivity index (χ3n) is 10.5. The van der Waals surface area contributed by atoms with Gasteiger partial charge in [0.2, 0.25) is 0 Å². The number of rotatable bonds is 15. The van der Waals surface area contributed by atoms with E-state index in [1.807, 2.05) is 0 Å². The van der Waals surface area contributed by atoms with Gasteiger partial charge in [0.05, 0.1) is 29.5 Å². The van der Waals surface area contributed by atoms with E-state index in [4.69, 9.17) is 4.74 Å². The van der Waals surface area contributed by atoms with Gasteiger partial charge in [-0.05, 0) is 143 Å². The lowest BCUT2D eigenvalue weighted by Gasteiger charge is -2.11. The number of phenols is 4. The van der Waals surface area contributed by atoms with Crippen LogP contribution in [0.4, 0.5) is 11.4 Å². The van der Waals surface area contributed by atoms with E-state index in [9.17, 15) is 46.9 Å². The molecule has 0 spiro atoms. The van der Waals surface area contributed by atoms with Gasteiger partial charge in [0.15, 0.2) is 5.03 Å². The van der Waals surface area contributed by atoms with E-state index in [1.165, 1.54) is 80.3 Å². The maximum atomic E-state index is 12.6. The number of phenolic OH excluding ortho intramolecular Hbond substituents is 4. The number of aromatic hydroxyl groups is 4. The Balaban J connectivity index is 0.000000202. The van der Waals surface area contributed by atoms with Crippen molar-refractivity contribution < 1.29 is 51.6 Å². The van der Waals surface area contributed by atoms with Crippen molar-refractivity contribution in [1.82, 2.24) is 20.2 Å². The number of carbonyl (C=O) groups is 2. The van der Waals surface area contributed by atoms with Crippen LogP contribution in [-0.4, -0.2) is 78.8 Å². The van der Waals surface area contributed by atoms with Gasteiger partial charge in [-0.2, -0.15) is 8.42 Å². The number of imidazole rings is 1. The third kappa shape index (κ3) is 11.9. The van der Waals surface area contributed by atoms with E-state index in [2.05, 4.69) is 25.1 Å². The van der Waals surface area contributed by atoms with E-state index < -0.39 is 31.9 Å². The summed E-state index contributed by atoms with van der Waals surface area (Å²) in [5.74, 6) is -0.441. The minimum absolute atomic E-state index is 0.0658. The second-order valence-electron chi connectivity index (χ2n) is 15.5. The van der Waals surface area contributed by atoms with Crippen molar-refractivity contribution in [3.8, 4) is 28.7 Å². The lowest BCUT2D eigenvalue weighted by molar-refractivity contribution is 0.0943. The maximum absolute atomic E-state index is 12.6. The normalized spacial score (nSPS) is 11.3. The highest BCUT2D eigenvalue weighted by molar-refractivity contribution is 7.93. The summed E-state index contributed by atoms with van der Waals surface area (Å²) >= 11 is 0. The molecule has 0 aliphatic carbocycles. The zero-order valence-corrected chi connectivity index (χ0v) is 38.2. The molecule has 68 heavy (non-hydrogen) atoms. The summed E-state index contributed by atoms with van der Waals surface area (Å²) in [6.45, 7) is 0.628. The molecule has 8 N–H and O–H groups in total. The smallest absolute Gasteiger partial charge is 0.280 e. The average molecular weight is 959 g/mol. The van der Waals surface area contributed by atoms with Crippen LogP contribution >= 0.6 is 0 Å². The summed E-state index contributed by atoms with van der Waals surface area (Å²) in [6, 6.07) is 35.1. The van der Waals surface area contributed by atoms with Crippen LogP contribution in [0.5, 0.6) is 28.7 Å². The summed E-state index contributed by atoms with van der Waals surface area (Å²) in [6.07, 6.45) is 3.84. The molecule has 0 saturated heterocycles. The molecule has 0 bridgehead atoms. The Morgan fingerprint density at radius 2 is 1.03 bits per heavy atom. The topological polar surface area (TPSA) is 259 Å². The minimum atomic E-state index is -3.76. The molecule has 0 aliphatic rings. The zero-order valence-electron chi connectivity index (χ0n) is 36.5. The monoisotopic (exact) mass is 958 g/mol. The first-order valence-corrected chi connectivity index (χ1v) is 23.8. The SMILES string of the molecule is COc1ccc(S(=O)(=O)Nc2ccc(CCNC(=O)c3cc4cc(O)ccc4cc3O)cc2)cc1.Cn1cnc(S(=O)(=O)Nc2ccc(CCNC(=O)c3cc4cc(O)ccc4cc3O)cc2)c1. The van der Waals surface area contributed by atoms with E-state index >= 15 is 0 Å². The Morgan fingerprint density at radius 1 is 0.574 bits per heavy atom. The molecule has 350 valence electrons. The fraction of sp³-hybridized carbons (Fsp3) is 0.122. The van der Waals surface area contributed by atoms with Gasteiger partial charge >= 0.3 is 0 Å². The predicted molar refractivity (Wildman–Crippen MR) is 257 cm³/mol. The van der Waals surface area contributed by atoms with Gasteiger partial charge < -0.3 is 40.4 Å². The number of carbonyl (C=O) groups excluding carboxylic acids is 2. The number of hydrogen-bond acceptors (Lipinski definition) is 12. The molecule has 8 aromatic rings. The van der Waals surface area contributed by atoms with E-state index in [0.717, 1.165) is 11.1 Å². The van der Waals surface area contributed by atoms with Crippen LogP contribution in [0.1, 0.15) is 31.8 Å². The molecule has 0 aliphatic heterocycles. The van der Waals surface area contributed by atoms with E-state index in [1.54, 1.807) is 84.4 Å². The summed E-state index contributed by atoms with van der Waals surface area (Å²) in [4.78, 5) is 29.0. The van der Waals surface area contributed by atoms with Gasteiger partial charge in [-0.15, -0.1) is 0 Å². The molecule has 0 saturated carbocycles. The molecule has 17 nitrogen and oxygen atoms in total. The van der Waals surface area contributed by atoms with Crippen LogP contribution in [0.2, 0.25) is 0 Å². The Kier molecular flexibility index (Phi) is 14.4. The molecule has 7 aromatic carbocycles. The van der Waals surface area contributed by atoms with Crippen LogP contribution < -0.4 is 24.8 Å². The number of ether oxygens (including phenoxy) is 1. The fourth-order valence-corrected chi connectivity index (χ4v) is 9.02. The Labute approximate surface area is 391 Å². The number of aromatic nitrogens is 2. The Morgan fingerprint density at radius 3 is 1.46 bits per heavy atom. The van der Waals surface area contributed by atoms with Crippen LogP contribution in [0.25, 0.3) is 21.5 Å². The quantitative estimate of drug-likeness (QED) is 0.0529. The van der Waals surface area contributed by atoms with Crippen molar-refractivity contribution in [2.45, 2.75) is 22.8 Å². The zero-order chi connectivity index (χ0) is 48.6. The van der Waals surface area contributed by atoms with Crippen LogP contribution in [-0.2, 0) is 39.9 Å². The Hall–Kier alpha value is -8.29. The maximum Gasteiger partial charge on any atom is 0.280 e. The number of benzene rings is 7. The van der Waals surface area contributed by atoms with Crippen molar-refractivity contribution in [3.05, 3.63) is 168 Å². The third-order valence-corrected chi connectivity index (χ3v) is 13.2. The molecule has 1 aromatic heterocycles. The number of amides is 2. The molecular formula is C49H46N6O11S2. The second kappa shape index (κ2) is 20.5. The number of nitrogens with zero attached hydrogens (tertiary/aromatic N) is 2. The number of methoxy groups -OCH3 is 1. The first-order chi connectivity index (χ1) is 32.5. The number of sulfonamides is 2. The Bertz CT molecular complexity index is 3350. The van der Waals surface area contributed by atoms with Gasteiger partial charge in [-0.25, -0.2) is 13.4 Å². The summed E-state index contributed by atoms with van der Waals surface area (Å²) in [5.41, 5.74) is 2.84. The van der Waals surface area contributed by atoms with Crippen molar-refractivity contribution in [3.63, 3.8) is 0 Å². The molecule has 0 fully saturated rings. The largest absolute Gasteiger partial charge is 0.508 e. The van der Waals surface area contributed by atoms with Crippen molar-refractivity contribution >= 4 is 64.8 Å². The average Bonchev–Trinajstić information content (AvgIpc) is 3.77. The second-order valence-corrected chi connectivity index (χ2v) is 18.8. The molecule has 1 heterocycles. The number of nitrogens with one attached hydrogen (secondary N) is 4. The first-order valence-electron chi connectivity index (χ1n) is 20.8. The molecule has 0 unspecified atom stereocenters. The van der Waals surface area contributed by atoms with Crippen LogP contribution in [0.3, 0.4) is 0 Å². The van der Waals surface area contributed by atoms with Gasteiger partial charge in [0.25, 0.3) is 31.9 Å². The molecule has 8 rings (SSSR count). The van der Waals surface area contributed by atoms with E-state index in [0.29, 0.717) is 64.6 Å². The van der Waals surface area contributed by atoms with Gasteiger partial charge in [-0.3, -0.25) is 19.0 Å².